The fourth-order valence-corrected chi connectivity index (χ4v) is 2.36. The molecule has 0 aliphatic heterocycles. The Hall–Kier alpha value is -2.25. The second kappa shape index (κ2) is 10.0. The molecule has 0 saturated carbocycles. The molecule has 4 nitrogen and oxygen atoms in total. The van der Waals surface area contributed by atoms with Crippen molar-refractivity contribution in [1.29, 1.82) is 0 Å². The lowest BCUT2D eigenvalue weighted by molar-refractivity contribution is -0.274. The molecule has 0 fully saturated rings. The lowest BCUT2D eigenvalue weighted by Gasteiger charge is -2.22. The molecule has 0 aliphatic carbocycles. The first kappa shape index (κ1) is 21.8. The van der Waals surface area contributed by atoms with Gasteiger partial charge in [-0.2, -0.15) is 0 Å². The first-order chi connectivity index (χ1) is 11.9. The lowest BCUT2D eigenvalue weighted by Crippen LogP contribution is -2.36. The van der Waals surface area contributed by atoms with E-state index < -0.39 is 6.36 Å². The summed E-state index contributed by atoms with van der Waals surface area (Å²) in [7, 11) is 0. The summed E-state index contributed by atoms with van der Waals surface area (Å²) in [4.78, 5) is 14.1. The van der Waals surface area contributed by atoms with E-state index >= 15 is 0 Å². The van der Waals surface area contributed by atoms with Crippen molar-refractivity contribution in [3.8, 4) is 5.75 Å². The number of amides is 1. The minimum Gasteiger partial charge on any atom is -0.406 e. The van der Waals surface area contributed by atoms with Crippen LogP contribution in [0.3, 0.4) is 0 Å². The van der Waals surface area contributed by atoms with Crippen LogP contribution in [0.2, 0.25) is 0 Å². The molecule has 26 heavy (non-hydrogen) atoms. The third-order valence-corrected chi connectivity index (χ3v) is 3.53. The van der Waals surface area contributed by atoms with Crippen LogP contribution < -0.4 is 10.5 Å². The number of ether oxygens (including phenoxy) is 1. The predicted molar refractivity (Wildman–Crippen MR) is 95.5 cm³/mol. The van der Waals surface area contributed by atoms with Gasteiger partial charge in [-0.1, -0.05) is 30.3 Å². The average molecular weight is 389 g/mol. The summed E-state index contributed by atoms with van der Waals surface area (Å²) in [6.07, 6.45) is -4.09. The molecular formula is C18H20ClF3N2O2. The van der Waals surface area contributed by atoms with E-state index in [9.17, 15) is 18.0 Å². The molecule has 0 spiro atoms. The minimum absolute atomic E-state index is 0. The van der Waals surface area contributed by atoms with Gasteiger partial charge in [-0.05, 0) is 36.2 Å². The molecule has 142 valence electrons. The van der Waals surface area contributed by atoms with Gasteiger partial charge in [-0.15, -0.1) is 25.6 Å². The largest absolute Gasteiger partial charge is 0.573 e. The number of alkyl halides is 3. The monoisotopic (exact) mass is 388 g/mol. The smallest absolute Gasteiger partial charge is 0.406 e. The van der Waals surface area contributed by atoms with Crippen LogP contribution in [0.5, 0.6) is 5.75 Å². The first-order valence-electron chi connectivity index (χ1n) is 7.78. The molecule has 2 N–H and O–H groups in total. The number of benzene rings is 2. The van der Waals surface area contributed by atoms with Crippen molar-refractivity contribution in [3.05, 3.63) is 65.7 Å². The number of rotatable bonds is 7. The van der Waals surface area contributed by atoms with Gasteiger partial charge in [0.15, 0.2) is 0 Å². The van der Waals surface area contributed by atoms with Crippen molar-refractivity contribution < 1.29 is 22.7 Å². The highest BCUT2D eigenvalue weighted by Gasteiger charge is 2.31. The normalized spacial score (nSPS) is 10.8. The molecule has 0 radical (unpaired) electrons. The highest BCUT2D eigenvalue weighted by molar-refractivity contribution is 5.94. The average Bonchev–Trinajstić information content (AvgIpc) is 2.58. The van der Waals surface area contributed by atoms with Gasteiger partial charge in [-0.3, -0.25) is 4.79 Å². The molecular weight excluding hydrogens is 369 g/mol. The molecule has 0 heterocycles. The molecule has 0 atom stereocenters. The van der Waals surface area contributed by atoms with Crippen molar-refractivity contribution in [2.45, 2.75) is 12.8 Å². The number of carbonyl (C=O) groups excluding carboxylic acids is 1. The first-order valence-corrected chi connectivity index (χ1v) is 7.78. The Morgan fingerprint density at radius 3 is 2.15 bits per heavy atom. The van der Waals surface area contributed by atoms with E-state index in [4.69, 9.17) is 5.73 Å². The van der Waals surface area contributed by atoms with Crippen molar-refractivity contribution in [2.24, 2.45) is 5.73 Å². The van der Waals surface area contributed by atoms with E-state index in [-0.39, 0.29) is 29.6 Å². The van der Waals surface area contributed by atoms with Crippen molar-refractivity contribution >= 4 is 18.3 Å². The van der Waals surface area contributed by atoms with Gasteiger partial charge >= 0.3 is 6.36 Å². The number of nitrogens with zero attached hydrogens (tertiary/aromatic N) is 1. The Kier molecular flexibility index (Phi) is 8.41. The number of carbonyl (C=O) groups is 1. The number of halogens is 4. The topological polar surface area (TPSA) is 55.6 Å². The van der Waals surface area contributed by atoms with Crippen molar-refractivity contribution in [3.63, 3.8) is 0 Å². The van der Waals surface area contributed by atoms with Crippen LogP contribution in [0, 0.1) is 0 Å². The van der Waals surface area contributed by atoms with Crippen molar-refractivity contribution in [1.82, 2.24) is 4.90 Å². The van der Waals surface area contributed by atoms with E-state index in [1.807, 2.05) is 30.3 Å². The van der Waals surface area contributed by atoms with E-state index in [1.54, 1.807) is 4.90 Å². The molecule has 0 unspecified atom stereocenters. The summed E-state index contributed by atoms with van der Waals surface area (Å²) < 4.78 is 40.3. The highest BCUT2D eigenvalue weighted by Crippen LogP contribution is 2.23. The Balaban J connectivity index is 0.00000338. The maximum Gasteiger partial charge on any atom is 0.573 e. The highest BCUT2D eigenvalue weighted by atomic mass is 35.5. The second-order valence-electron chi connectivity index (χ2n) is 5.39. The van der Waals surface area contributed by atoms with Gasteiger partial charge in [-0.25, -0.2) is 0 Å². The number of nitrogens with two attached hydrogens (primary N) is 1. The summed E-state index contributed by atoms with van der Waals surface area (Å²) in [5.74, 6) is -0.640. The Morgan fingerprint density at radius 2 is 1.62 bits per heavy atom. The van der Waals surface area contributed by atoms with Gasteiger partial charge in [0.2, 0.25) is 0 Å². The van der Waals surface area contributed by atoms with E-state index in [0.29, 0.717) is 26.1 Å². The predicted octanol–water partition coefficient (Wildman–Crippen LogP) is 3.65. The van der Waals surface area contributed by atoms with E-state index in [1.165, 1.54) is 12.1 Å². The summed E-state index contributed by atoms with van der Waals surface area (Å²) in [6, 6.07) is 14.6. The van der Waals surface area contributed by atoms with Crippen LogP contribution in [0.1, 0.15) is 15.9 Å². The fraction of sp³-hybridized carbons (Fsp3) is 0.278. The van der Waals surface area contributed by atoms with Crippen LogP contribution >= 0.6 is 12.4 Å². The molecule has 2 rings (SSSR count). The van der Waals surface area contributed by atoms with Crippen LogP contribution in [0.4, 0.5) is 13.2 Å². The van der Waals surface area contributed by atoms with Gasteiger partial charge in [0.1, 0.15) is 5.75 Å². The van der Waals surface area contributed by atoms with Gasteiger partial charge < -0.3 is 15.4 Å². The Labute approximate surface area is 156 Å². The molecule has 1 amide bonds. The molecule has 2 aromatic carbocycles. The van der Waals surface area contributed by atoms with Crippen LogP contribution in [0.25, 0.3) is 0 Å². The molecule has 0 aliphatic rings. The fourth-order valence-electron chi connectivity index (χ4n) is 2.36. The number of hydrogen-bond donors (Lipinski definition) is 1. The Morgan fingerprint density at radius 1 is 1.00 bits per heavy atom. The summed E-state index contributed by atoms with van der Waals surface area (Å²) in [5.41, 5.74) is 6.95. The van der Waals surface area contributed by atoms with Crippen molar-refractivity contribution in [2.75, 3.05) is 19.6 Å². The summed E-state index contributed by atoms with van der Waals surface area (Å²) >= 11 is 0. The Bertz CT molecular complexity index is 679. The summed E-state index contributed by atoms with van der Waals surface area (Å²) in [6.45, 7) is 1.14. The van der Waals surface area contributed by atoms with E-state index in [0.717, 1.165) is 17.7 Å². The van der Waals surface area contributed by atoms with Crippen LogP contribution in [-0.4, -0.2) is 36.8 Å². The molecule has 2 aromatic rings. The summed E-state index contributed by atoms with van der Waals surface area (Å²) in [5, 5.41) is 0. The molecule has 0 saturated heterocycles. The third-order valence-electron chi connectivity index (χ3n) is 3.53. The zero-order chi connectivity index (χ0) is 18.3. The zero-order valence-corrected chi connectivity index (χ0v) is 14.7. The molecule has 0 bridgehead atoms. The van der Waals surface area contributed by atoms with Gasteiger partial charge in [0.05, 0.1) is 0 Å². The SMILES string of the molecule is Cl.NCCN(CCc1ccccc1)C(=O)c1ccc(OC(F)(F)F)cc1. The lowest BCUT2D eigenvalue weighted by atomic mass is 10.1. The zero-order valence-electron chi connectivity index (χ0n) is 13.9. The van der Waals surface area contributed by atoms with Gasteiger partial charge in [0, 0.05) is 25.2 Å². The maximum absolute atomic E-state index is 12.6. The third kappa shape index (κ3) is 6.93. The molecule has 0 aromatic heterocycles. The second-order valence-corrected chi connectivity index (χ2v) is 5.39. The minimum atomic E-state index is -4.76. The van der Waals surface area contributed by atoms with Crippen LogP contribution in [-0.2, 0) is 6.42 Å². The van der Waals surface area contributed by atoms with Crippen LogP contribution in [0.15, 0.2) is 54.6 Å². The standard InChI is InChI=1S/C18H19F3N2O2.ClH/c19-18(20,21)25-16-8-6-15(7-9-16)17(24)23(13-11-22)12-10-14-4-2-1-3-5-14;/h1-9H,10-13,22H2;1H. The quantitative estimate of drug-likeness (QED) is 0.787. The van der Waals surface area contributed by atoms with E-state index in [2.05, 4.69) is 4.74 Å². The maximum atomic E-state index is 12.6. The molecule has 8 heteroatoms. The number of hydrogen-bond acceptors (Lipinski definition) is 3. The van der Waals surface area contributed by atoms with Gasteiger partial charge in [0.25, 0.3) is 5.91 Å².